The minimum atomic E-state index is 0.160. The SMILES string of the molecule is CC1CC(=O)[C@H]2CCCC[C@]2(C)N1C. The molecule has 1 heterocycles. The fraction of sp³-hybridized carbons (Fsp3) is 0.917. The van der Waals surface area contributed by atoms with Crippen molar-refractivity contribution in [2.24, 2.45) is 5.92 Å². The number of fused-ring (bicyclic) bond motifs is 1. The van der Waals surface area contributed by atoms with Crippen molar-refractivity contribution in [3.8, 4) is 0 Å². The molecule has 3 atom stereocenters. The van der Waals surface area contributed by atoms with E-state index in [1.165, 1.54) is 19.3 Å². The second-order valence-corrected chi connectivity index (χ2v) is 5.29. The molecule has 1 saturated heterocycles. The summed E-state index contributed by atoms with van der Waals surface area (Å²) in [4.78, 5) is 14.4. The molecule has 2 aliphatic rings. The Kier molecular flexibility index (Phi) is 2.42. The van der Waals surface area contributed by atoms with Gasteiger partial charge in [-0.2, -0.15) is 0 Å². The first-order chi connectivity index (χ1) is 6.55. The average Bonchev–Trinajstić information content (AvgIpc) is 2.15. The van der Waals surface area contributed by atoms with Crippen LogP contribution in [0.2, 0.25) is 0 Å². The van der Waals surface area contributed by atoms with E-state index in [0.29, 0.717) is 17.7 Å². The standard InChI is InChI=1S/C12H21NO/c1-9-8-11(14)10-6-4-5-7-12(10,2)13(9)3/h9-10H,4-8H2,1-3H3/t9?,10-,12+/m1/s1. The molecule has 14 heavy (non-hydrogen) atoms. The minimum Gasteiger partial charge on any atom is -0.299 e. The molecule has 0 N–H and O–H groups in total. The van der Waals surface area contributed by atoms with Gasteiger partial charge in [-0.05, 0) is 33.7 Å². The lowest BCUT2D eigenvalue weighted by molar-refractivity contribution is -0.139. The molecule has 2 rings (SSSR count). The van der Waals surface area contributed by atoms with Gasteiger partial charge in [0.2, 0.25) is 0 Å². The maximum absolute atomic E-state index is 12.0. The molecular formula is C12H21NO. The maximum Gasteiger partial charge on any atom is 0.139 e. The Hall–Kier alpha value is -0.370. The van der Waals surface area contributed by atoms with Crippen LogP contribution in [0.4, 0.5) is 0 Å². The molecule has 80 valence electrons. The highest BCUT2D eigenvalue weighted by molar-refractivity contribution is 5.84. The van der Waals surface area contributed by atoms with Gasteiger partial charge in [0.05, 0.1) is 0 Å². The third-order valence-electron chi connectivity index (χ3n) is 4.53. The van der Waals surface area contributed by atoms with E-state index in [9.17, 15) is 4.79 Å². The van der Waals surface area contributed by atoms with Gasteiger partial charge in [-0.25, -0.2) is 0 Å². The molecule has 2 heteroatoms. The summed E-state index contributed by atoms with van der Waals surface area (Å²) < 4.78 is 0. The average molecular weight is 195 g/mol. The van der Waals surface area contributed by atoms with E-state index in [2.05, 4.69) is 25.8 Å². The van der Waals surface area contributed by atoms with Gasteiger partial charge in [0.15, 0.2) is 0 Å². The normalized spacial score (nSPS) is 44.9. The van der Waals surface area contributed by atoms with Gasteiger partial charge in [-0.3, -0.25) is 9.69 Å². The summed E-state index contributed by atoms with van der Waals surface area (Å²) >= 11 is 0. The molecule has 0 bridgehead atoms. The van der Waals surface area contributed by atoms with Crippen molar-refractivity contribution in [3.63, 3.8) is 0 Å². The van der Waals surface area contributed by atoms with Crippen LogP contribution < -0.4 is 0 Å². The van der Waals surface area contributed by atoms with Gasteiger partial charge in [0.25, 0.3) is 0 Å². The van der Waals surface area contributed by atoms with Gasteiger partial charge in [0, 0.05) is 23.9 Å². The number of hydrogen-bond donors (Lipinski definition) is 0. The second-order valence-electron chi connectivity index (χ2n) is 5.29. The fourth-order valence-corrected chi connectivity index (χ4v) is 3.32. The van der Waals surface area contributed by atoms with Gasteiger partial charge >= 0.3 is 0 Å². The molecule has 1 aliphatic heterocycles. The zero-order valence-electron chi connectivity index (χ0n) is 9.55. The largest absolute Gasteiger partial charge is 0.299 e. The number of Topliss-reactive ketones (excluding diaryl/α,β-unsaturated/α-hetero) is 1. The first-order valence-corrected chi connectivity index (χ1v) is 5.81. The molecule has 0 radical (unpaired) electrons. The van der Waals surface area contributed by atoms with E-state index < -0.39 is 0 Å². The monoisotopic (exact) mass is 195 g/mol. The van der Waals surface area contributed by atoms with Crippen LogP contribution in [0.5, 0.6) is 0 Å². The number of ketones is 1. The highest BCUT2D eigenvalue weighted by atomic mass is 16.1. The number of likely N-dealkylation sites (tertiary alicyclic amines) is 1. The quantitative estimate of drug-likeness (QED) is 0.591. The third-order valence-corrected chi connectivity index (χ3v) is 4.53. The molecule has 1 aliphatic carbocycles. The highest BCUT2D eigenvalue weighted by Crippen LogP contribution is 2.43. The van der Waals surface area contributed by atoms with Crippen molar-refractivity contribution in [2.75, 3.05) is 7.05 Å². The van der Waals surface area contributed by atoms with Crippen LogP contribution in [0, 0.1) is 5.92 Å². The first-order valence-electron chi connectivity index (χ1n) is 5.81. The summed E-state index contributed by atoms with van der Waals surface area (Å²) in [6.45, 7) is 4.46. The van der Waals surface area contributed by atoms with Crippen molar-refractivity contribution >= 4 is 5.78 Å². The number of piperidine rings is 1. The van der Waals surface area contributed by atoms with Crippen molar-refractivity contribution < 1.29 is 4.79 Å². The Morgan fingerprint density at radius 1 is 1.43 bits per heavy atom. The molecule has 0 aromatic rings. The van der Waals surface area contributed by atoms with E-state index in [4.69, 9.17) is 0 Å². The second kappa shape index (κ2) is 3.34. The molecule has 0 amide bonds. The van der Waals surface area contributed by atoms with Crippen molar-refractivity contribution in [1.82, 2.24) is 4.90 Å². The molecule has 0 aromatic carbocycles. The molecule has 0 aromatic heterocycles. The predicted molar refractivity (Wildman–Crippen MR) is 57.2 cm³/mol. The van der Waals surface area contributed by atoms with Crippen molar-refractivity contribution in [2.45, 2.75) is 57.5 Å². The van der Waals surface area contributed by atoms with E-state index in [1.807, 2.05) is 0 Å². The first kappa shape index (κ1) is 10.2. The van der Waals surface area contributed by atoms with Crippen LogP contribution in [0.3, 0.4) is 0 Å². The highest BCUT2D eigenvalue weighted by Gasteiger charge is 2.48. The van der Waals surface area contributed by atoms with Gasteiger partial charge < -0.3 is 0 Å². The van der Waals surface area contributed by atoms with Crippen LogP contribution in [0.25, 0.3) is 0 Å². The summed E-state index contributed by atoms with van der Waals surface area (Å²) in [6.07, 6.45) is 5.61. The summed E-state index contributed by atoms with van der Waals surface area (Å²) in [6, 6.07) is 0.432. The number of rotatable bonds is 0. The number of carbonyl (C=O) groups excluding carboxylic acids is 1. The third kappa shape index (κ3) is 1.31. The van der Waals surface area contributed by atoms with Crippen LogP contribution in [-0.2, 0) is 4.79 Å². The molecule has 0 spiro atoms. The lowest BCUT2D eigenvalue weighted by Gasteiger charge is -2.53. The number of hydrogen-bond acceptors (Lipinski definition) is 2. The predicted octanol–water partition coefficient (Wildman–Crippen LogP) is 2.23. The van der Waals surface area contributed by atoms with E-state index in [1.54, 1.807) is 0 Å². The van der Waals surface area contributed by atoms with Gasteiger partial charge in [-0.15, -0.1) is 0 Å². The molecule has 2 nitrogen and oxygen atoms in total. The Labute approximate surface area is 86.7 Å². The number of carbonyl (C=O) groups is 1. The summed E-state index contributed by atoms with van der Waals surface area (Å²) in [5.41, 5.74) is 0.160. The summed E-state index contributed by atoms with van der Waals surface area (Å²) in [5, 5.41) is 0. The van der Waals surface area contributed by atoms with Crippen LogP contribution in [0.1, 0.15) is 46.0 Å². The lowest BCUT2D eigenvalue weighted by Crippen LogP contribution is -2.61. The summed E-state index contributed by atoms with van der Waals surface area (Å²) in [7, 11) is 2.19. The van der Waals surface area contributed by atoms with Crippen molar-refractivity contribution in [1.29, 1.82) is 0 Å². The van der Waals surface area contributed by atoms with Crippen LogP contribution >= 0.6 is 0 Å². The topological polar surface area (TPSA) is 20.3 Å². The minimum absolute atomic E-state index is 0.160. The fourth-order valence-electron chi connectivity index (χ4n) is 3.32. The van der Waals surface area contributed by atoms with Gasteiger partial charge in [-0.1, -0.05) is 12.8 Å². The van der Waals surface area contributed by atoms with E-state index >= 15 is 0 Å². The van der Waals surface area contributed by atoms with E-state index in [0.717, 1.165) is 12.8 Å². The van der Waals surface area contributed by atoms with Gasteiger partial charge in [0.1, 0.15) is 5.78 Å². The zero-order valence-corrected chi connectivity index (χ0v) is 9.55. The number of nitrogens with zero attached hydrogens (tertiary/aromatic N) is 1. The smallest absolute Gasteiger partial charge is 0.139 e. The Morgan fingerprint density at radius 3 is 2.86 bits per heavy atom. The van der Waals surface area contributed by atoms with Crippen molar-refractivity contribution in [3.05, 3.63) is 0 Å². The molecule has 1 unspecified atom stereocenters. The van der Waals surface area contributed by atoms with Crippen LogP contribution in [0.15, 0.2) is 0 Å². The molecule has 1 saturated carbocycles. The summed E-state index contributed by atoms with van der Waals surface area (Å²) in [5.74, 6) is 0.829. The maximum atomic E-state index is 12.0. The lowest BCUT2D eigenvalue weighted by atomic mass is 9.67. The Bertz CT molecular complexity index is 251. The van der Waals surface area contributed by atoms with E-state index in [-0.39, 0.29) is 5.54 Å². The molecular weight excluding hydrogens is 174 g/mol. The Balaban J connectivity index is 2.28. The zero-order chi connectivity index (χ0) is 10.3. The Morgan fingerprint density at radius 2 is 2.14 bits per heavy atom. The molecule has 2 fully saturated rings. The van der Waals surface area contributed by atoms with Crippen LogP contribution in [-0.4, -0.2) is 29.3 Å².